The number of carbonyl (C=O) groups excluding carboxylic acids is 1. The fourth-order valence-electron chi connectivity index (χ4n) is 1.77. The third-order valence-electron chi connectivity index (χ3n) is 2.94. The van der Waals surface area contributed by atoms with Gasteiger partial charge in [0.2, 0.25) is 0 Å². The van der Waals surface area contributed by atoms with E-state index in [1.165, 1.54) is 0 Å². The molecule has 0 aliphatic heterocycles. The van der Waals surface area contributed by atoms with Gasteiger partial charge >= 0.3 is 6.03 Å². The smallest absolute Gasteiger partial charge is 0.319 e. The summed E-state index contributed by atoms with van der Waals surface area (Å²) in [5, 5.41) is 9.65. The minimum Gasteiger partial charge on any atom is -0.363 e. The predicted octanol–water partition coefficient (Wildman–Crippen LogP) is 1.69. The van der Waals surface area contributed by atoms with Crippen LogP contribution in [0.3, 0.4) is 0 Å². The van der Waals surface area contributed by atoms with Gasteiger partial charge in [-0.05, 0) is 24.6 Å². The molecule has 2 rings (SSSR count). The number of hydrogen-bond acceptors (Lipinski definition) is 4. The first-order valence-electron chi connectivity index (χ1n) is 6.78. The van der Waals surface area contributed by atoms with Crippen molar-refractivity contribution >= 4 is 17.5 Å². The molecule has 0 aromatic carbocycles. The minimum absolute atomic E-state index is 0.256. The number of nitrogens with zero attached hydrogens (tertiary/aromatic N) is 4. The predicted molar refractivity (Wildman–Crippen MR) is 82.3 cm³/mol. The Morgan fingerprint density at radius 1 is 1.43 bits per heavy atom. The second-order valence-corrected chi connectivity index (χ2v) is 4.81. The van der Waals surface area contributed by atoms with Gasteiger partial charge in [-0.1, -0.05) is 0 Å². The average molecular weight is 288 g/mol. The first kappa shape index (κ1) is 14.8. The second-order valence-electron chi connectivity index (χ2n) is 4.81. The molecule has 2 amide bonds. The molecular weight excluding hydrogens is 268 g/mol. The molecule has 2 aromatic heterocycles. The van der Waals surface area contributed by atoms with Gasteiger partial charge in [0.15, 0.2) is 0 Å². The summed E-state index contributed by atoms with van der Waals surface area (Å²) < 4.78 is 1.75. The quantitative estimate of drug-likeness (QED) is 0.878. The van der Waals surface area contributed by atoms with Crippen molar-refractivity contribution < 1.29 is 4.79 Å². The normalized spacial score (nSPS) is 10.2. The Morgan fingerprint density at radius 3 is 2.90 bits per heavy atom. The maximum Gasteiger partial charge on any atom is 0.319 e. The van der Waals surface area contributed by atoms with Crippen molar-refractivity contribution in [3.8, 4) is 0 Å². The van der Waals surface area contributed by atoms with Crippen LogP contribution in [-0.4, -0.2) is 34.9 Å². The van der Waals surface area contributed by atoms with Gasteiger partial charge in [0, 0.05) is 39.6 Å². The zero-order valence-electron chi connectivity index (χ0n) is 12.5. The number of hydrogen-bond donors (Lipinski definition) is 2. The van der Waals surface area contributed by atoms with Crippen molar-refractivity contribution in [2.24, 2.45) is 0 Å². The van der Waals surface area contributed by atoms with Crippen LogP contribution in [0, 0.1) is 0 Å². The van der Waals surface area contributed by atoms with Crippen LogP contribution >= 0.6 is 0 Å². The van der Waals surface area contributed by atoms with E-state index in [-0.39, 0.29) is 6.03 Å². The molecule has 0 radical (unpaired) electrons. The van der Waals surface area contributed by atoms with Crippen molar-refractivity contribution in [1.29, 1.82) is 0 Å². The standard InChI is InChI=1S/C14H20N6O/c1-4-20-10-12(9-17-20)18-14(21)16-8-11-5-6-15-13(7-11)19(2)3/h5-7,9-10H,4,8H2,1-3H3,(H2,16,18,21). The summed E-state index contributed by atoms with van der Waals surface area (Å²) in [6, 6.07) is 3.56. The highest BCUT2D eigenvalue weighted by molar-refractivity contribution is 5.88. The lowest BCUT2D eigenvalue weighted by atomic mass is 10.2. The lowest BCUT2D eigenvalue weighted by Crippen LogP contribution is -2.28. The molecule has 0 unspecified atom stereocenters. The zero-order valence-corrected chi connectivity index (χ0v) is 12.5. The number of pyridine rings is 1. The first-order chi connectivity index (χ1) is 10.1. The fraction of sp³-hybridized carbons (Fsp3) is 0.357. The monoisotopic (exact) mass is 288 g/mol. The van der Waals surface area contributed by atoms with Gasteiger partial charge in [-0.15, -0.1) is 0 Å². The van der Waals surface area contributed by atoms with E-state index in [2.05, 4.69) is 20.7 Å². The molecule has 0 aliphatic carbocycles. The van der Waals surface area contributed by atoms with E-state index in [9.17, 15) is 4.79 Å². The number of nitrogens with one attached hydrogen (secondary N) is 2. The summed E-state index contributed by atoms with van der Waals surface area (Å²) >= 11 is 0. The van der Waals surface area contributed by atoms with Crippen LogP contribution in [0.4, 0.5) is 16.3 Å². The maximum atomic E-state index is 11.8. The molecule has 2 heterocycles. The molecule has 0 bridgehead atoms. The molecule has 7 nitrogen and oxygen atoms in total. The molecule has 112 valence electrons. The summed E-state index contributed by atoms with van der Waals surface area (Å²) in [5.41, 5.74) is 1.67. The molecule has 0 fully saturated rings. The van der Waals surface area contributed by atoms with Crippen molar-refractivity contribution in [2.45, 2.75) is 20.0 Å². The number of aromatic nitrogens is 3. The van der Waals surface area contributed by atoms with E-state index < -0.39 is 0 Å². The van der Waals surface area contributed by atoms with Crippen LogP contribution in [0.25, 0.3) is 0 Å². The third-order valence-corrected chi connectivity index (χ3v) is 2.94. The van der Waals surface area contributed by atoms with Gasteiger partial charge in [-0.3, -0.25) is 4.68 Å². The number of amides is 2. The van der Waals surface area contributed by atoms with E-state index in [0.717, 1.165) is 17.9 Å². The molecule has 7 heteroatoms. The summed E-state index contributed by atoms with van der Waals surface area (Å²) in [7, 11) is 3.86. The van der Waals surface area contributed by atoms with Crippen LogP contribution in [0.15, 0.2) is 30.7 Å². The van der Waals surface area contributed by atoms with Crippen LogP contribution in [0.2, 0.25) is 0 Å². The Kier molecular flexibility index (Phi) is 4.76. The van der Waals surface area contributed by atoms with Crippen LogP contribution in [0.1, 0.15) is 12.5 Å². The highest BCUT2D eigenvalue weighted by atomic mass is 16.2. The second kappa shape index (κ2) is 6.74. The topological polar surface area (TPSA) is 75.1 Å². The van der Waals surface area contributed by atoms with Crippen LogP contribution in [-0.2, 0) is 13.1 Å². The van der Waals surface area contributed by atoms with Gasteiger partial charge in [0.25, 0.3) is 0 Å². The van der Waals surface area contributed by atoms with Gasteiger partial charge in [-0.25, -0.2) is 9.78 Å². The Bertz CT molecular complexity index is 607. The highest BCUT2D eigenvalue weighted by Gasteiger charge is 2.05. The van der Waals surface area contributed by atoms with Gasteiger partial charge in [-0.2, -0.15) is 5.10 Å². The van der Waals surface area contributed by atoms with Crippen molar-refractivity contribution in [2.75, 3.05) is 24.3 Å². The largest absolute Gasteiger partial charge is 0.363 e. The van der Waals surface area contributed by atoms with Crippen molar-refractivity contribution in [3.05, 3.63) is 36.3 Å². The molecule has 0 saturated heterocycles. The lowest BCUT2D eigenvalue weighted by molar-refractivity contribution is 0.251. The SMILES string of the molecule is CCn1cc(NC(=O)NCc2ccnc(N(C)C)c2)cn1. The zero-order chi connectivity index (χ0) is 15.2. The molecule has 2 aromatic rings. The number of anilines is 2. The number of rotatable bonds is 5. The van der Waals surface area contributed by atoms with Gasteiger partial charge in [0.1, 0.15) is 5.82 Å². The van der Waals surface area contributed by atoms with Gasteiger partial charge in [0.05, 0.1) is 11.9 Å². The maximum absolute atomic E-state index is 11.8. The Morgan fingerprint density at radius 2 is 2.24 bits per heavy atom. The molecule has 2 N–H and O–H groups in total. The van der Waals surface area contributed by atoms with E-state index in [4.69, 9.17) is 0 Å². The number of urea groups is 1. The number of carbonyl (C=O) groups is 1. The number of aryl methyl sites for hydroxylation is 1. The molecule has 0 atom stereocenters. The Hall–Kier alpha value is -2.57. The van der Waals surface area contributed by atoms with E-state index in [1.807, 2.05) is 38.1 Å². The molecule has 0 aliphatic rings. The fourth-order valence-corrected chi connectivity index (χ4v) is 1.77. The summed E-state index contributed by atoms with van der Waals surface area (Å²) in [6.45, 7) is 3.20. The minimum atomic E-state index is -0.256. The Balaban J connectivity index is 1.87. The molecule has 21 heavy (non-hydrogen) atoms. The third kappa shape index (κ3) is 4.20. The summed E-state index contributed by atoms with van der Waals surface area (Å²) in [5.74, 6) is 0.860. The van der Waals surface area contributed by atoms with E-state index in [0.29, 0.717) is 12.2 Å². The highest BCUT2D eigenvalue weighted by Crippen LogP contribution is 2.09. The van der Waals surface area contributed by atoms with E-state index in [1.54, 1.807) is 23.3 Å². The molecule has 0 spiro atoms. The van der Waals surface area contributed by atoms with Crippen molar-refractivity contribution in [3.63, 3.8) is 0 Å². The molecule has 0 saturated carbocycles. The van der Waals surface area contributed by atoms with Gasteiger partial charge < -0.3 is 15.5 Å². The van der Waals surface area contributed by atoms with Crippen molar-refractivity contribution in [1.82, 2.24) is 20.1 Å². The average Bonchev–Trinajstić information content (AvgIpc) is 2.93. The van der Waals surface area contributed by atoms with Crippen LogP contribution < -0.4 is 15.5 Å². The van der Waals surface area contributed by atoms with E-state index >= 15 is 0 Å². The first-order valence-corrected chi connectivity index (χ1v) is 6.78. The summed E-state index contributed by atoms with van der Waals surface area (Å²) in [6.07, 6.45) is 5.14. The lowest BCUT2D eigenvalue weighted by Gasteiger charge is -2.12. The molecular formula is C14H20N6O. The summed E-state index contributed by atoms with van der Waals surface area (Å²) in [4.78, 5) is 18.0. The van der Waals surface area contributed by atoms with Crippen LogP contribution in [0.5, 0.6) is 0 Å². The Labute approximate surface area is 124 Å².